The van der Waals surface area contributed by atoms with E-state index in [-0.39, 0.29) is 5.91 Å². The van der Waals surface area contributed by atoms with Crippen LogP contribution < -0.4 is 11.1 Å². The molecular weight excluding hydrogens is 316 g/mol. The molecule has 0 fully saturated rings. The molecule has 0 saturated carbocycles. The third-order valence-electron chi connectivity index (χ3n) is 2.40. The van der Waals surface area contributed by atoms with Crippen molar-refractivity contribution < 1.29 is 9.21 Å². The predicted octanol–water partition coefficient (Wildman–Crippen LogP) is 2.53. The molecule has 0 aliphatic carbocycles. The van der Waals surface area contributed by atoms with Crippen LogP contribution in [0.4, 0.5) is 0 Å². The van der Waals surface area contributed by atoms with Crippen LogP contribution in [0.5, 0.6) is 0 Å². The minimum atomic E-state index is -0.130. The van der Waals surface area contributed by atoms with Crippen molar-refractivity contribution in [3.63, 3.8) is 0 Å². The van der Waals surface area contributed by atoms with Gasteiger partial charge in [-0.1, -0.05) is 0 Å². The number of halogens is 1. The first kappa shape index (κ1) is 13.3. The van der Waals surface area contributed by atoms with Gasteiger partial charge >= 0.3 is 0 Å². The molecule has 0 saturated heterocycles. The fourth-order valence-corrected chi connectivity index (χ4v) is 2.98. The van der Waals surface area contributed by atoms with E-state index in [4.69, 9.17) is 10.2 Å². The van der Waals surface area contributed by atoms with Gasteiger partial charge in [-0.2, -0.15) is 0 Å². The smallest absolute Gasteiger partial charge is 0.254 e. The zero-order valence-electron chi connectivity index (χ0n) is 9.61. The second-order valence-electron chi connectivity index (χ2n) is 3.72. The van der Waals surface area contributed by atoms with Gasteiger partial charge < -0.3 is 15.5 Å². The maximum absolute atomic E-state index is 11.8. The highest BCUT2D eigenvalue weighted by atomic mass is 79.9. The lowest BCUT2D eigenvalue weighted by atomic mass is 10.3. The molecule has 2 aromatic heterocycles. The molecular formula is C12H13BrN2O2S. The molecule has 96 valence electrons. The number of hydrogen-bond acceptors (Lipinski definition) is 4. The molecule has 0 radical (unpaired) electrons. The topological polar surface area (TPSA) is 68.3 Å². The third-order valence-corrected chi connectivity index (χ3v) is 4.09. The van der Waals surface area contributed by atoms with Gasteiger partial charge in [-0.15, -0.1) is 11.3 Å². The molecule has 2 heterocycles. The quantitative estimate of drug-likeness (QED) is 0.886. The van der Waals surface area contributed by atoms with E-state index in [0.717, 1.165) is 10.2 Å². The van der Waals surface area contributed by atoms with Crippen LogP contribution in [0.1, 0.15) is 21.0 Å². The van der Waals surface area contributed by atoms with Crippen molar-refractivity contribution in [2.45, 2.75) is 13.0 Å². The summed E-state index contributed by atoms with van der Waals surface area (Å²) in [5.74, 6) is 0.483. The Kier molecular flexibility index (Phi) is 4.57. The highest BCUT2D eigenvalue weighted by Crippen LogP contribution is 2.22. The molecule has 4 nitrogen and oxygen atoms in total. The zero-order chi connectivity index (χ0) is 13.0. The number of hydrogen-bond donors (Lipinski definition) is 2. The van der Waals surface area contributed by atoms with Gasteiger partial charge in [-0.05, 0) is 40.5 Å². The Morgan fingerprint density at radius 1 is 1.50 bits per heavy atom. The Hall–Kier alpha value is -1.11. The number of nitrogens with two attached hydrogens (primary N) is 1. The Bertz CT molecular complexity index is 536. The van der Waals surface area contributed by atoms with E-state index in [1.54, 1.807) is 17.4 Å². The van der Waals surface area contributed by atoms with Crippen LogP contribution >= 0.6 is 27.3 Å². The molecule has 2 aromatic rings. The van der Waals surface area contributed by atoms with Crippen molar-refractivity contribution in [2.75, 3.05) is 6.54 Å². The molecule has 0 atom stereocenters. The first-order valence-corrected chi connectivity index (χ1v) is 7.10. The van der Waals surface area contributed by atoms with Crippen LogP contribution in [-0.2, 0) is 13.0 Å². The fourth-order valence-electron chi connectivity index (χ4n) is 1.49. The maximum Gasteiger partial charge on any atom is 0.254 e. The average Bonchev–Trinajstić information content (AvgIpc) is 2.98. The number of rotatable bonds is 5. The van der Waals surface area contributed by atoms with E-state index in [2.05, 4.69) is 21.2 Å². The van der Waals surface area contributed by atoms with Gasteiger partial charge in [0, 0.05) is 11.4 Å². The molecule has 0 spiro atoms. The summed E-state index contributed by atoms with van der Waals surface area (Å²) >= 11 is 5.08. The fraction of sp³-hybridized carbons (Fsp3) is 0.250. The van der Waals surface area contributed by atoms with Crippen molar-refractivity contribution in [3.8, 4) is 0 Å². The van der Waals surface area contributed by atoms with Gasteiger partial charge in [0.2, 0.25) is 0 Å². The van der Waals surface area contributed by atoms with Crippen LogP contribution in [0, 0.1) is 0 Å². The van der Waals surface area contributed by atoms with Gasteiger partial charge in [0.05, 0.1) is 15.9 Å². The van der Waals surface area contributed by atoms with Crippen LogP contribution in [-0.4, -0.2) is 12.5 Å². The molecule has 3 N–H and O–H groups in total. The van der Waals surface area contributed by atoms with E-state index >= 15 is 0 Å². The highest BCUT2D eigenvalue weighted by Gasteiger charge is 2.09. The van der Waals surface area contributed by atoms with Crippen LogP contribution in [0.15, 0.2) is 32.7 Å². The third kappa shape index (κ3) is 3.44. The number of amides is 1. The second kappa shape index (κ2) is 6.17. The Morgan fingerprint density at radius 3 is 2.94 bits per heavy atom. The van der Waals surface area contributed by atoms with E-state index in [1.807, 2.05) is 12.1 Å². The van der Waals surface area contributed by atoms with E-state index in [9.17, 15) is 4.79 Å². The number of carbonyl (C=O) groups excluding carboxylic acids is 1. The maximum atomic E-state index is 11.8. The summed E-state index contributed by atoms with van der Waals surface area (Å²) in [6.07, 6.45) is 2.25. The minimum Gasteiger partial charge on any atom is -0.467 e. The Morgan fingerprint density at radius 2 is 2.33 bits per heavy atom. The zero-order valence-corrected chi connectivity index (χ0v) is 12.0. The molecule has 0 unspecified atom stereocenters. The summed E-state index contributed by atoms with van der Waals surface area (Å²) < 4.78 is 6.22. The summed E-state index contributed by atoms with van der Waals surface area (Å²) in [5, 5.41) is 2.85. The molecule has 2 rings (SSSR count). The largest absolute Gasteiger partial charge is 0.467 e. The van der Waals surface area contributed by atoms with Gasteiger partial charge in [-0.3, -0.25) is 4.79 Å². The standard InChI is InChI=1S/C12H13BrN2O2S/c13-11-2-1-10(18-11)3-4-15-12(16)8-5-9(6-14)17-7-8/h1-2,5,7H,3-4,6,14H2,(H,15,16). The van der Waals surface area contributed by atoms with Crippen molar-refractivity contribution in [1.82, 2.24) is 5.32 Å². The SMILES string of the molecule is NCc1cc(C(=O)NCCc2ccc(Br)s2)co1. The molecule has 6 heteroatoms. The van der Waals surface area contributed by atoms with E-state index in [0.29, 0.717) is 24.4 Å². The first-order valence-electron chi connectivity index (χ1n) is 5.49. The summed E-state index contributed by atoms with van der Waals surface area (Å²) in [4.78, 5) is 13.0. The molecule has 0 bridgehead atoms. The van der Waals surface area contributed by atoms with Crippen LogP contribution in [0.3, 0.4) is 0 Å². The van der Waals surface area contributed by atoms with Gasteiger partial charge in [-0.25, -0.2) is 0 Å². The molecule has 1 amide bonds. The van der Waals surface area contributed by atoms with Crippen LogP contribution in [0.2, 0.25) is 0 Å². The van der Waals surface area contributed by atoms with Crippen LogP contribution in [0.25, 0.3) is 0 Å². The minimum absolute atomic E-state index is 0.130. The number of thiophene rings is 1. The van der Waals surface area contributed by atoms with Gasteiger partial charge in [0.1, 0.15) is 12.0 Å². The van der Waals surface area contributed by atoms with Crippen molar-refractivity contribution in [2.24, 2.45) is 5.73 Å². The lowest BCUT2D eigenvalue weighted by molar-refractivity contribution is 0.0953. The average molecular weight is 329 g/mol. The Balaban J connectivity index is 1.81. The molecule has 0 aromatic carbocycles. The molecule has 0 aliphatic rings. The number of furan rings is 1. The van der Waals surface area contributed by atoms with Crippen molar-refractivity contribution in [3.05, 3.63) is 44.4 Å². The predicted molar refractivity (Wildman–Crippen MR) is 74.7 cm³/mol. The number of carbonyl (C=O) groups is 1. The van der Waals surface area contributed by atoms with Gasteiger partial charge in [0.25, 0.3) is 5.91 Å². The summed E-state index contributed by atoms with van der Waals surface area (Å²) in [6.45, 7) is 0.908. The second-order valence-corrected chi connectivity index (χ2v) is 6.27. The first-order chi connectivity index (χ1) is 8.69. The summed E-state index contributed by atoms with van der Waals surface area (Å²) in [7, 11) is 0. The monoisotopic (exact) mass is 328 g/mol. The normalized spacial score (nSPS) is 10.6. The van der Waals surface area contributed by atoms with Crippen molar-refractivity contribution >= 4 is 33.2 Å². The van der Waals surface area contributed by atoms with Crippen molar-refractivity contribution in [1.29, 1.82) is 0 Å². The summed E-state index contributed by atoms with van der Waals surface area (Å²) in [5.41, 5.74) is 5.93. The molecule has 0 aliphatic heterocycles. The molecule has 18 heavy (non-hydrogen) atoms. The Labute approximate surface area is 117 Å². The van der Waals surface area contributed by atoms with E-state index < -0.39 is 0 Å². The number of nitrogens with one attached hydrogen (secondary N) is 1. The summed E-state index contributed by atoms with van der Waals surface area (Å²) in [6, 6.07) is 5.72. The van der Waals surface area contributed by atoms with Gasteiger partial charge in [0.15, 0.2) is 0 Å². The lowest BCUT2D eigenvalue weighted by Gasteiger charge is -2.01. The van der Waals surface area contributed by atoms with E-state index in [1.165, 1.54) is 11.1 Å². The highest BCUT2D eigenvalue weighted by molar-refractivity contribution is 9.11. The lowest BCUT2D eigenvalue weighted by Crippen LogP contribution is -2.25.